The largest absolute Gasteiger partial charge is 1.00 e. The molecule has 60 valence electrons. The summed E-state index contributed by atoms with van der Waals surface area (Å²) in [6, 6.07) is 0. The summed E-state index contributed by atoms with van der Waals surface area (Å²) in [4.78, 5) is 0. The van der Waals surface area contributed by atoms with Crippen molar-refractivity contribution in [3.8, 4) is 0 Å². The summed E-state index contributed by atoms with van der Waals surface area (Å²) in [5.74, 6) is 0. The third-order valence-corrected chi connectivity index (χ3v) is 3.60. The smallest absolute Gasteiger partial charge is 0.772 e. The zero-order valence-corrected chi connectivity index (χ0v) is 10.2. The summed E-state index contributed by atoms with van der Waals surface area (Å²) in [6.45, 7) is 0. The van der Waals surface area contributed by atoms with Gasteiger partial charge in [0.05, 0.1) is 0 Å². The van der Waals surface area contributed by atoms with Crippen molar-refractivity contribution in [2.24, 2.45) is 0 Å². The number of rotatable bonds is 1. The van der Waals surface area contributed by atoms with Crippen LogP contribution in [0.15, 0.2) is 0 Å². The van der Waals surface area contributed by atoms with Crippen molar-refractivity contribution < 1.29 is 38.3 Å². The predicted molar refractivity (Wildman–Crippen MR) is 40.8 cm³/mol. The average molecular weight is 205 g/mol. The summed E-state index contributed by atoms with van der Waals surface area (Å²) in [5.41, 5.74) is 0. The van der Waals surface area contributed by atoms with Crippen LogP contribution in [0.25, 0.3) is 0 Å². The third kappa shape index (κ3) is 3.75. The van der Waals surface area contributed by atoms with E-state index in [2.05, 4.69) is 0 Å². The Labute approximate surface area is 96.7 Å². The molecule has 0 amide bonds. The molecular weight excluding hydrogens is 195 g/mol. The number of halogens is 1. The molecule has 1 saturated carbocycles. The van der Waals surface area contributed by atoms with E-state index in [1.54, 1.807) is 0 Å². The summed E-state index contributed by atoms with van der Waals surface area (Å²) < 4.78 is 21.0. The van der Waals surface area contributed by atoms with E-state index in [-0.39, 0.29) is 40.2 Å². The minimum atomic E-state index is -1.96. The van der Waals surface area contributed by atoms with Crippen molar-refractivity contribution in [1.82, 2.24) is 0 Å². The fourth-order valence-corrected chi connectivity index (χ4v) is 2.54. The van der Waals surface area contributed by atoms with Crippen LogP contribution in [0, 0.1) is 0 Å². The van der Waals surface area contributed by atoms with Gasteiger partial charge in [0.25, 0.3) is 0 Å². The van der Waals surface area contributed by atoms with Crippen LogP contribution >= 0.6 is 11.6 Å². The average Bonchev–Trinajstić information content (AvgIpc) is 1.88. The minimum Gasteiger partial charge on any atom is -0.772 e. The monoisotopic (exact) mass is 204 g/mol. The van der Waals surface area contributed by atoms with Crippen LogP contribution in [0.4, 0.5) is 0 Å². The Morgan fingerprint density at radius 2 is 1.91 bits per heavy atom. The van der Waals surface area contributed by atoms with Crippen LogP contribution in [0.1, 0.15) is 25.7 Å². The van der Waals surface area contributed by atoms with Crippen molar-refractivity contribution in [2.45, 2.75) is 36.3 Å². The van der Waals surface area contributed by atoms with Crippen LogP contribution in [0.5, 0.6) is 0 Å². The van der Waals surface area contributed by atoms with Gasteiger partial charge in [0.1, 0.15) is 0 Å². The fraction of sp³-hybridized carbons (Fsp3) is 1.00. The molecule has 0 aromatic carbocycles. The van der Waals surface area contributed by atoms with E-state index in [0.29, 0.717) is 0 Å². The summed E-state index contributed by atoms with van der Waals surface area (Å²) in [6.07, 6.45) is 3.66. The quantitative estimate of drug-likeness (QED) is 0.294. The molecule has 0 spiro atoms. The SMILES string of the molecule is O=S([O-])C1CCCCC1Cl.[Na+]. The maximum absolute atomic E-state index is 10.5. The molecule has 1 rings (SSSR count). The van der Waals surface area contributed by atoms with Crippen molar-refractivity contribution in [3.63, 3.8) is 0 Å². The molecule has 0 aromatic heterocycles. The van der Waals surface area contributed by atoms with E-state index < -0.39 is 11.1 Å². The Morgan fingerprint density at radius 3 is 2.27 bits per heavy atom. The first-order chi connectivity index (χ1) is 4.72. The topological polar surface area (TPSA) is 40.1 Å². The van der Waals surface area contributed by atoms with Crippen LogP contribution < -0.4 is 29.6 Å². The maximum Gasteiger partial charge on any atom is 1.00 e. The second kappa shape index (κ2) is 5.95. The molecule has 1 aliphatic rings. The van der Waals surface area contributed by atoms with E-state index in [9.17, 15) is 8.76 Å². The Balaban J connectivity index is 0.000001000. The molecule has 0 heterocycles. The van der Waals surface area contributed by atoms with Crippen LogP contribution in [0.2, 0.25) is 0 Å². The second-order valence-corrected chi connectivity index (χ2v) is 4.29. The van der Waals surface area contributed by atoms with E-state index in [1.165, 1.54) is 0 Å². The normalized spacial score (nSPS) is 34.0. The van der Waals surface area contributed by atoms with Crippen molar-refractivity contribution in [1.29, 1.82) is 0 Å². The van der Waals surface area contributed by atoms with Gasteiger partial charge in [0.15, 0.2) is 0 Å². The van der Waals surface area contributed by atoms with E-state index in [0.717, 1.165) is 25.7 Å². The second-order valence-electron chi connectivity index (χ2n) is 2.60. The Kier molecular flexibility index (Phi) is 6.70. The molecule has 3 atom stereocenters. The van der Waals surface area contributed by atoms with Gasteiger partial charge in [-0.3, -0.25) is 4.21 Å². The molecule has 2 nitrogen and oxygen atoms in total. The Hall–Kier alpha value is 1.40. The molecule has 1 fully saturated rings. The first kappa shape index (κ1) is 12.4. The van der Waals surface area contributed by atoms with Gasteiger partial charge in [-0.25, -0.2) is 0 Å². The van der Waals surface area contributed by atoms with Gasteiger partial charge < -0.3 is 4.55 Å². The van der Waals surface area contributed by atoms with E-state index >= 15 is 0 Å². The van der Waals surface area contributed by atoms with Gasteiger partial charge >= 0.3 is 29.6 Å². The van der Waals surface area contributed by atoms with E-state index in [1.807, 2.05) is 0 Å². The third-order valence-electron chi connectivity index (χ3n) is 1.87. The van der Waals surface area contributed by atoms with Gasteiger partial charge in [-0.15, -0.1) is 11.6 Å². The molecule has 0 bridgehead atoms. The number of alkyl halides is 1. The predicted octanol–water partition coefficient (Wildman–Crippen LogP) is -1.58. The van der Waals surface area contributed by atoms with Gasteiger partial charge in [0.2, 0.25) is 0 Å². The molecule has 1 aliphatic carbocycles. The molecule has 0 N–H and O–H groups in total. The number of hydrogen-bond donors (Lipinski definition) is 0. The molecule has 11 heavy (non-hydrogen) atoms. The molecule has 0 aromatic rings. The molecule has 0 saturated heterocycles. The zero-order chi connectivity index (χ0) is 7.56. The number of hydrogen-bond acceptors (Lipinski definition) is 2. The van der Waals surface area contributed by atoms with Crippen LogP contribution in [-0.2, 0) is 11.1 Å². The fourth-order valence-electron chi connectivity index (χ4n) is 1.27. The maximum atomic E-state index is 10.5. The summed E-state index contributed by atoms with van der Waals surface area (Å²) >= 11 is 3.82. The molecular formula is C6H10ClNaO2S. The van der Waals surface area contributed by atoms with Gasteiger partial charge in [-0.05, 0) is 12.8 Å². The Bertz CT molecular complexity index is 145. The van der Waals surface area contributed by atoms with E-state index in [4.69, 9.17) is 11.6 Å². The van der Waals surface area contributed by atoms with Crippen molar-refractivity contribution in [3.05, 3.63) is 0 Å². The summed E-state index contributed by atoms with van der Waals surface area (Å²) in [5, 5.41) is -0.442. The molecule has 5 heteroatoms. The first-order valence-corrected chi connectivity index (χ1v) is 5.01. The molecule has 0 aliphatic heterocycles. The molecule has 0 radical (unpaired) electrons. The van der Waals surface area contributed by atoms with Crippen LogP contribution in [0.3, 0.4) is 0 Å². The van der Waals surface area contributed by atoms with Gasteiger partial charge in [-0.2, -0.15) is 0 Å². The Morgan fingerprint density at radius 1 is 1.36 bits per heavy atom. The van der Waals surface area contributed by atoms with Gasteiger partial charge in [-0.1, -0.05) is 23.9 Å². The summed E-state index contributed by atoms with van der Waals surface area (Å²) in [7, 11) is 0. The van der Waals surface area contributed by atoms with Crippen LogP contribution in [-0.4, -0.2) is 19.4 Å². The standard InChI is InChI=1S/C6H11ClO2S.Na/c7-5-3-1-2-4-6(5)10(8)9;/h5-6H,1-4H2,(H,8,9);/q;+1/p-1. The minimum absolute atomic E-state index is 0. The zero-order valence-electron chi connectivity index (χ0n) is 6.59. The van der Waals surface area contributed by atoms with Gasteiger partial charge in [0, 0.05) is 10.6 Å². The van der Waals surface area contributed by atoms with Crippen molar-refractivity contribution in [2.75, 3.05) is 0 Å². The first-order valence-electron chi connectivity index (χ1n) is 3.44. The molecule has 3 unspecified atom stereocenters. The van der Waals surface area contributed by atoms with Crippen molar-refractivity contribution >= 4 is 22.7 Å².